The van der Waals surface area contributed by atoms with E-state index in [1.54, 1.807) is 13.2 Å². The Bertz CT molecular complexity index is 656. The molecule has 2 aromatic rings. The minimum absolute atomic E-state index is 0.644. The van der Waals surface area contributed by atoms with Gasteiger partial charge in [0, 0.05) is 17.3 Å². The summed E-state index contributed by atoms with van der Waals surface area (Å²) in [5.41, 5.74) is 4.41. The molecule has 0 aliphatic carbocycles. The molecular formula is C16H18ClN3O. The van der Waals surface area contributed by atoms with Gasteiger partial charge >= 0.3 is 0 Å². The predicted octanol–water partition coefficient (Wildman–Crippen LogP) is 3.01. The third-order valence-corrected chi connectivity index (χ3v) is 4.00. The SMILES string of the molecule is CCc1nc(-c2ccc(Cl)cc2OC)nc2c1CCNC2. The zero-order valence-corrected chi connectivity index (χ0v) is 13.0. The maximum Gasteiger partial charge on any atom is 0.163 e. The second-order valence-corrected chi connectivity index (χ2v) is 5.48. The Morgan fingerprint density at radius 3 is 2.95 bits per heavy atom. The molecule has 0 atom stereocenters. The Kier molecular flexibility index (Phi) is 4.08. The third-order valence-electron chi connectivity index (χ3n) is 3.76. The van der Waals surface area contributed by atoms with Crippen LogP contribution in [0.25, 0.3) is 11.4 Å². The summed E-state index contributed by atoms with van der Waals surface area (Å²) in [5, 5.41) is 4.01. The number of benzene rings is 1. The highest BCUT2D eigenvalue weighted by Crippen LogP contribution is 2.31. The van der Waals surface area contributed by atoms with E-state index < -0.39 is 0 Å². The lowest BCUT2D eigenvalue weighted by Crippen LogP contribution is -2.26. The molecule has 0 spiro atoms. The van der Waals surface area contributed by atoms with Crippen molar-refractivity contribution in [2.24, 2.45) is 0 Å². The first-order valence-corrected chi connectivity index (χ1v) is 7.54. The van der Waals surface area contributed by atoms with Crippen molar-refractivity contribution in [1.29, 1.82) is 0 Å². The standard InChI is InChI=1S/C16H18ClN3O/c1-3-13-11-6-7-18-9-14(11)20-16(19-13)12-5-4-10(17)8-15(12)21-2/h4-5,8,18H,3,6-7,9H2,1-2H3. The topological polar surface area (TPSA) is 47.0 Å². The largest absolute Gasteiger partial charge is 0.496 e. The molecule has 110 valence electrons. The number of aryl methyl sites for hydroxylation is 1. The van der Waals surface area contributed by atoms with E-state index >= 15 is 0 Å². The number of nitrogens with zero attached hydrogens (tertiary/aromatic N) is 2. The van der Waals surface area contributed by atoms with Gasteiger partial charge in [0.15, 0.2) is 5.82 Å². The zero-order chi connectivity index (χ0) is 14.8. The van der Waals surface area contributed by atoms with Crippen molar-refractivity contribution in [3.63, 3.8) is 0 Å². The number of fused-ring (bicyclic) bond motifs is 1. The number of ether oxygens (including phenoxy) is 1. The highest BCUT2D eigenvalue weighted by molar-refractivity contribution is 6.30. The maximum absolute atomic E-state index is 6.03. The van der Waals surface area contributed by atoms with E-state index in [1.807, 2.05) is 12.1 Å². The molecule has 0 fully saturated rings. The first kappa shape index (κ1) is 14.3. The van der Waals surface area contributed by atoms with Crippen LogP contribution >= 0.6 is 11.6 Å². The summed E-state index contributed by atoms with van der Waals surface area (Å²) in [7, 11) is 1.63. The molecular weight excluding hydrogens is 286 g/mol. The van der Waals surface area contributed by atoms with E-state index in [4.69, 9.17) is 26.3 Å². The van der Waals surface area contributed by atoms with Gasteiger partial charge in [-0.1, -0.05) is 18.5 Å². The van der Waals surface area contributed by atoms with Crippen molar-refractivity contribution < 1.29 is 4.74 Å². The normalized spacial score (nSPS) is 13.9. The Balaban J connectivity index is 2.15. The number of methoxy groups -OCH3 is 1. The first-order chi connectivity index (χ1) is 10.2. The monoisotopic (exact) mass is 303 g/mol. The molecule has 1 aliphatic heterocycles. The molecule has 4 nitrogen and oxygen atoms in total. The van der Waals surface area contributed by atoms with Crippen molar-refractivity contribution in [2.45, 2.75) is 26.3 Å². The number of hydrogen-bond acceptors (Lipinski definition) is 4. The van der Waals surface area contributed by atoms with Crippen molar-refractivity contribution >= 4 is 11.6 Å². The average Bonchev–Trinajstić information content (AvgIpc) is 2.53. The quantitative estimate of drug-likeness (QED) is 0.947. The van der Waals surface area contributed by atoms with Crippen LogP contribution < -0.4 is 10.1 Å². The molecule has 3 rings (SSSR count). The summed E-state index contributed by atoms with van der Waals surface area (Å²) in [5.74, 6) is 1.41. The van der Waals surface area contributed by atoms with Gasteiger partial charge in [0.1, 0.15) is 5.75 Å². The maximum atomic E-state index is 6.03. The van der Waals surface area contributed by atoms with Gasteiger partial charge < -0.3 is 10.1 Å². The summed E-state index contributed by atoms with van der Waals surface area (Å²) in [4.78, 5) is 9.48. The second kappa shape index (κ2) is 6.00. The molecule has 0 unspecified atom stereocenters. The van der Waals surface area contributed by atoms with E-state index in [0.717, 1.165) is 42.9 Å². The zero-order valence-electron chi connectivity index (χ0n) is 12.2. The van der Waals surface area contributed by atoms with Crippen LogP contribution in [-0.2, 0) is 19.4 Å². The smallest absolute Gasteiger partial charge is 0.163 e. The van der Waals surface area contributed by atoms with Gasteiger partial charge in [-0.2, -0.15) is 0 Å². The van der Waals surface area contributed by atoms with Crippen molar-refractivity contribution in [3.8, 4) is 17.1 Å². The number of nitrogens with one attached hydrogen (secondary N) is 1. The minimum Gasteiger partial charge on any atom is -0.496 e. The summed E-state index contributed by atoms with van der Waals surface area (Å²) < 4.78 is 5.42. The molecule has 5 heteroatoms. The second-order valence-electron chi connectivity index (χ2n) is 5.04. The van der Waals surface area contributed by atoms with Gasteiger partial charge in [0.25, 0.3) is 0 Å². The van der Waals surface area contributed by atoms with Gasteiger partial charge in [-0.25, -0.2) is 9.97 Å². The van der Waals surface area contributed by atoms with E-state index in [2.05, 4.69) is 12.2 Å². The Morgan fingerprint density at radius 1 is 1.33 bits per heavy atom. The minimum atomic E-state index is 0.644. The van der Waals surface area contributed by atoms with Gasteiger partial charge in [-0.05, 0) is 43.1 Å². The van der Waals surface area contributed by atoms with Crippen molar-refractivity contribution in [1.82, 2.24) is 15.3 Å². The molecule has 1 aromatic carbocycles. The van der Waals surface area contributed by atoms with E-state index in [0.29, 0.717) is 16.6 Å². The molecule has 0 saturated heterocycles. The van der Waals surface area contributed by atoms with Crippen LogP contribution in [0.3, 0.4) is 0 Å². The van der Waals surface area contributed by atoms with E-state index in [9.17, 15) is 0 Å². The highest BCUT2D eigenvalue weighted by atomic mass is 35.5. The number of rotatable bonds is 3. The molecule has 1 N–H and O–H groups in total. The molecule has 21 heavy (non-hydrogen) atoms. The van der Waals surface area contributed by atoms with Crippen molar-refractivity contribution in [2.75, 3.05) is 13.7 Å². The molecule has 1 aliphatic rings. The molecule has 0 bridgehead atoms. The molecule has 0 amide bonds. The lowest BCUT2D eigenvalue weighted by molar-refractivity contribution is 0.416. The fraction of sp³-hybridized carbons (Fsp3) is 0.375. The van der Waals surface area contributed by atoms with Gasteiger partial charge in [-0.15, -0.1) is 0 Å². The van der Waals surface area contributed by atoms with E-state index in [-0.39, 0.29) is 0 Å². The number of aromatic nitrogens is 2. The van der Waals surface area contributed by atoms with Gasteiger partial charge in [0.05, 0.1) is 18.4 Å². The lowest BCUT2D eigenvalue weighted by Gasteiger charge is -2.20. The first-order valence-electron chi connectivity index (χ1n) is 7.16. The van der Waals surface area contributed by atoms with Crippen LogP contribution in [-0.4, -0.2) is 23.6 Å². The molecule has 2 heterocycles. The van der Waals surface area contributed by atoms with Crippen LogP contribution in [0.2, 0.25) is 5.02 Å². The van der Waals surface area contributed by atoms with Crippen LogP contribution in [0.15, 0.2) is 18.2 Å². The highest BCUT2D eigenvalue weighted by Gasteiger charge is 2.18. The van der Waals surface area contributed by atoms with Crippen LogP contribution in [0.1, 0.15) is 23.9 Å². The Hall–Kier alpha value is -1.65. The number of halogens is 1. The Labute approximate surface area is 129 Å². The molecule has 0 radical (unpaired) electrons. The summed E-state index contributed by atoms with van der Waals surface area (Å²) >= 11 is 6.03. The van der Waals surface area contributed by atoms with Gasteiger partial charge in [0.2, 0.25) is 0 Å². The predicted molar refractivity (Wildman–Crippen MR) is 83.8 cm³/mol. The summed E-state index contributed by atoms with van der Waals surface area (Å²) in [6, 6.07) is 5.55. The van der Waals surface area contributed by atoms with Crippen LogP contribution in [0, 0.1) is 0 Å². The number of hydrogen-bond donors (Lipinski definition) is 1. The molecule has 1 aromatic heterocycles. The molecule has 0 saturated carbocycles. The fourth-order valence-corrected chi connectivity index (χ4v) is 2.86. The summed E-state index contributed by atoms with van der Waals surface area (Å²) in [6.45, 7) is 3.92. The van der Waals surface area contributed by atoms with Crippen LogP contribution in [0.4, 0.5) is 0 Å². The summed E-state index contributed by atoms with van der Waals surface area (Å²) in [6.07, 6.45) is 1.91. The lowest BCUT2D eigenvalue weighted by atomic mass is 10.0. The Morgan fingerprint density at radius 2 is 2.19 bits per heavy atom. The van der Waals surface area contributed by atoms with Crippen molar-refractivity contribution in [3.05, 3.63) is 40.2 Å². The fourth-order valence-electron chi connectivity index (χ4n) is 2.70. The van der Waals surface area contributed by atoms with Gasteiger partial charge in [-0.3, -0.25) is 0 Å². The van der Waals surface area contributed by atoms with E-state index in [1.165, 1.54) is 5.56 Å². The van der Waals surface area contributed by atoms with Crippen LogP contribution in [0.5, 0.6) is 5.75 Å². The third kappa shape index (κ3) is 2.74. The average molecular weight is 304 g/mol.